The predicted octanol–water partition coefficient (Wildman–Crippen LogP) is 2.67. The van der Waals surface area contributed by atoms with Crippen molar-refractivity contribution in [3.05, 3.63) is 35.9 Å². The third-order valence-corrected chi connectivity index (χ3v) is 4.44. The van der Waals surface area contributed by atoms with Gasteiger partial charge < -0.3 is 10.2 Å². The molecule has 0 aliphatic carbocycles. The fourth-order valence-corrected chi connectivity index (χ4v) is 2.81. The van der Waals surface area contributed by atoms with Crippen LogP contribution in [-0.4, -0.2) is 29.9 Å². The molecular formula is C17H26N2O. The average Bonchev–Trinajstić information content (AvgIpc) is 2.90. The van der Waals surface area contributed by atoms with Crippen LogP contribution >= 0.6 is 0 Å². The Balaban J connectivity index is 2.13. The second-order valence-electron chi connectivity index (χ2n) is 5.95. The third kappa shape index (κ3) is 3.40. The Morgan fingerprint density at radius 3 is 2.60 bits per heavy atom. The molecule has 1 N–H and O–H groups in total. The summed E-state index contributed by atoms with van der Waals surface area (Å²) in [6.45, 7) is 8.95. The molecule has 0 bridgehead atoms. The van der Waals surface area contributed by atoms with Crippen molar-refractivity contribution in [1.29, 1.82) is 0 Å². The summed E-state index contributed by atoms with van der Waals surface area (Å²) < 4.78 is 0. The van der Waals surface area contributed by atoms with Crippen molar-refractivity contribution in [1.82, 2.24) is 10.2 Å². The van der Waals surface area contributed by atoms with Gasteiger partial charge in [0.2, 0.25) is 5.91 Å². The minimum absolute atomic E-state index is 0.132. The van der Waals surface area contributed by atoms with E-state index >= 15 is 0 Å². The summed E-state index contributed by atoms with van der Waals surface area (Å²) in [6, 6.07) is 10.6. The van der Waals surface area contributed by atoms with E-state index in [1.54, 1.807) is 0 Å². The molecule has 110 valence electrons. The summed E-state index contributed by atoms with van der Waals surface area (Å²) in [5, 5.41) is 3.33. The number of hydrogen-bond donors (Lipinski definition) is 1. The SMILES string of the molecule is CCC(C)N(Cc1ccccc1)C(=O)[C@@H]1CNC[C@H]1C. The Bertz CT molecular complexity index is 432. The van der Waals surface area contributed by atoms with Crippen LogP contribution in [0.5, 0.6) is 0 Å². The lowest BCUT2D eigenvalue weighted by Gasteiger charge is -2.32. The van der Waals surface area contributed by atoms with Gasteiger partial charge in [-0.15, -0.1) is 0 Å². The first kappa shape index (κ1) is 15.0. The highest BCUT2D eigenvalue weighted by Gasteiger charge is 2.34. The Kier molecular flexibility index (Phi) is 5.18. The molecule has 0 aromatic heterocycles. The van der Waals surface area contributed by atoms with Crippen molar-refractivity contribution < 1.29 is 4.79 Å². The fourth-order valence-electron chi connectivity index (χ4n) is 2.81. The van der Waals surface area contributed by atoms with Gasteiger partial charge in [0, 0.05) is 19.1 Å². The van der Waals surface area contributed by atoms with Crippen molar-refractivity contribution in [2.45, 2.75) is 39.8 Å². The van der Waals surface area contributed by atoms with Crippen molar-refractivity contribution in [3.8, 4) is 0 Å². The normalized spacial score (nSPS) is 23.6. The molecule has 3 heteroatoms. The summed E-state index contributed by atoms with van der Waals surface area (Å²) in [5.74, 6) is 0.873. The highest BCUT2D eigenvalue weighted by Crippen LogP contribution is 2.22. The van der Waals surface area contributed by atoms with Gasteiger partial charge >= 0.3 is 0 Å². The maximum absolute atomic E-state index is 12.8. The number of carbonyl (C=O) groups excluding carboxylic acids is 1. The lowest BCUT2D eigenvalue weighted by atomic mass is 9.95. The van der Waals surface area contributed by atoms with Gasteiger partial charge in [0.1, 0.15) is 0 Å². The van der Waals surface area contributed by atoms with E-state index in [9.17, 15) is 4.79 Å². The van der Waals surface area contributed by atoms with Crippen molar-refractivity contribution in [3.63, 3.8) is 0 Å². The van der Waals surface area contributed by atoms with E-state index in [0.29, 0.717) is 11.8 Å². The maximum Gasteiger partial charge on any atom is 0.227 e. The fraction of sp³-hybridized carbons (Fsp3) is 0.588. The van der Waals surface area contributed by atoms with Crippen LogP contribution in [0.2, 0.25) is 0 Å². The molecule has 1 fully saturated rings. The molecule has 1 unspecified atom stereocenters. The molecule has 3 atom stereocenters. The number of hydrogen-bond acceptors (Lipinski definition) is 2. The second kappa shape index (κ2) is 6.89. The Hall–Kier alpha value is -1.35. The molecule has 2 rings (SSSR count). The molecule has 1 aromatic rings. The zero-order chi connectivity index (χ0) is 14.5. The third-order valence-electron chi connectivity index (χ3n) is 4.44. The molecule has 1 heterocycles. The van der Waals surface area contributed by atoms with Gasteiger partial charge in [0.05, 0.1) is 5.92 Å². The minimum Gasteiger partial charge on any atom is -0.335 e. The summed E-state index contributed by atoms with van der Waals surface area (Å²) in [6.07, 6.45) is 0.993. The predicted molar refractivity (Wildman–Crippen MR) is 82.3 cm³/mol. The first-order valence-electron chi connectivity index (χ1n) is 7.68. The standard InChI is InChI=1S/C17H26N2O/c1-4-14(3)19(12-15-8-6-5-7-9-15)17(20)16-11-18-10-13(16)2/h5-9,13-14,16,18H,4,10-12H2,1-3H3/t13-,14?,16-/m1/s1. The smallest absolute Gasteiger partial charge is 0.227 e. The number of rotatable bonds is 5. The summed E-state index contributed by atoms with van der Waals surface area (Å²) in [5.41, 5.74) is 1.21. The molecule has 20 heavy (non-hydrogen) atoms. The quantitative estimate of drug-likeness (QED) is 0.895. The molecule has 0 saturated carbocycles. The van der Waals surface area contributed by atoms with E-state index in [-0.39, 0.29) is 12.0 Å². The molecule has 1 aliphatic heterocycles. The molecule has 1 amide bonds. The number of nitrogens with one attached hydrogen (secondary N) is 1. The zero-order valence-electron chi connectivity index (χ0n) is 12.8. The summed E-state index contributed by atoms with van der Waals surface area (Å²) >= 11 is 0. The molecule has 1 aromatic carbocycles. The van der Waals surface area contributed by atoms with Crippen LogP contribution in [-0.2, 0) is 11.3 Å². The van der Waals surface area contributed by atoms with E-state index in [4.69, 9.17) is 0 Å². The van der Waals surface area contributed by atoms with Gasteiger partial charge in [-0.1, -0.05) is 44.2 Å². The lowest BCUT2D eigenvalue weighted by Crippen LogP contribution is -2.43. The summed E-state index contributed by atoms with van der Waals surface area (Å²) in [7, 11) is 0. The van der Waals surface area contributed by atoms with Gasteiger partial charge in [0.25, 0.3) is 0 Å². The van der Waals surface area contributed by atoms with Crippen molar-refractivity contribution in [2.24, 2.45) is 11.8 Å². The van der Waals surface area contributed by atoms with Gasteiger partial charge in [-0.25, -0.2) is 0 Å². The monoisotopic (exact) mass is 274 g/mol. The van der Waals surface area contributed by atoms with E-state index in [2.05, 4.69) is 43.1 Å². The van der Waals surface area contributed by atoms with Gasteiger partial charge in [0.15, 0.2) is 0 Å². The number of nitrogens with zero attached hydrogens (tertiary/aromatic N) is 1. The molecule has 0 spiro atoms. The van der Waals surface area contributed by atoms with E-state index in [1.165, 1.54) is 5.56 Å². The molecule has 1 aliphatic rings. The van der Waals surface area contributed by atoms with E-state index in [1.807, 2.05) is 18.2 Å². The molecular weight excluding hydrogens is 248 g/mol. The van der Waals surface area contributed by atoms with Gasteiger partial charge in [-0.05, 0) is 31.4 Å². The Morgan fingerprint density at radius 2 is 2.05 bits per heavy atom. The van der Waals surface area contributed by atoms with E-state index in [0.717, 1.165) is 26.1 Å². The topological polar surface area (TPSA) is 32.3 Å². The average molecular weight is 274 g/mol. The van der Waals surface area contributed by atoms with Crippen LogP contribution in [0.1, 0.15) is 32.8 Å². The second-order valence-corrected chi connectivity index (χ2v) is 5.95. The van der Waals surface area contributed by atoms with Crippen LogP contribution < -0.4 is 5.32 Å². The molecule has 1 saturated heterocycles. The van der Waals surface area contributed by atoms with Crippen LogP contribution in [0.25, 0.3) is 0 Å². The zero-order valence-corrected chi connectivity index (χ0v) is 12.8. The van der Waals surface area contributed by atoms with Gasteiger partial charge in [-0.3, -0.25) is 4.79 Å². The van der Waals surface area contributed by atoms with Crippen LogP contribution in [0.3, 0.4) is 0 Å². The number of amides is 1. The number of carbonyl (C=O) groups is 1. The summed E-state index contributed by atoms with van der Waals surface area (Å²) in [4.78, 5) is 14.9. The lowest BCUT2D eigenvalue weighted by molar-refractivity contribution is -0.138. The largest absolute Gasteiger partial charge is 0.335 e. The van der Waals surface area contributed by atoms with Crippen LogP contribution in [0.4, 0.5) is 0 Å². The number of benzene rings is 1. The Labute approximate surface area is 122 Å². The van der Waals surface area contributed by atoms with E-state index < -0.39 is 0 Å². The first-order chi connectivity index (χ1) is 9.63. The highest BCUT2D eigenvalue weighted by atomic mass is 16.2. The van der Waals surface area contributed by atoms with Crippen LogP contribution in [0.15, 0.2) is 30.3 Å². The van der Waals surface area contributed by atoms with Crippen molar-refractivity contribution in [2.75, 3.05) is 13.1 Å². The Morgan fingerprint density at radius 1 is 1.35 bits per heavy atom. The first-order valence-corrected chi connectivity index (χ1v) is 7.68. The minimum atomic E-state index is 0.132. The van der Waals surface area contributed by atoms with Crippen LogP contribution in [0, 0.1) is 11.8 Å². The van der Waals surface area contributed by atoms with Crippen molar-refractivity contribution >= 4 is 5.91 Å². The maximum atomic E-state index is 12.8. The molecule has 3 nitrogen and oxygen atoms in total. The van der Waals surface area contributed by atoms with Gasteiger partial charge in [-0.2, -0.15) is 0 Å². The highest BCUT2D eigenvalue weighted by molar-refractivity contribution is 5.80. The molecule has 0 radical (unpaired) electrons.